The summed E-state index contributed by atoms with van der Waals surface area (Å²) < 4.78 is 38.4. The topological polar surface area (TPSA) is 60.9 Å². The molecule has 9 heteroatoms. The fraction of sp³-hybridized carbons (Fsp3) is 0.423. The largest absolute Gasteiger partial charge is 0.416 e. The van der Waals surface area contributed by atoms with Gasteiger partial charge in [0.2, 0.25) is 5.91 Å². The monoisotopic (exact) mass is 487 g/mol. The molecule has 4 rings (SSSR count). The minimum atomic E-state index is -4.36. The third kappa shape index (κ3) is 5.24. The van der Waals surface area contributed by atoms with Gasteiger partial charge in [0.25, 0.3) is 11.8 Å². The van der Waals surface area contributed by atoms with E-state index in [1.54, 1.807) is 29.2 Å². The highest BCUT2D eigenvalue weighted by atomic mass is 19.4. The van der Waals surface area contributed by atoms with E-state index in [4.69, 9.17) is 0 Å². The Balaban J connectivity index is 1.41. The molecule has 0 spiro atoms. The zero-order chi connectivity index (χ0) is 25.3. The number of halogens is 3. The second-order valence-electron chi connectivity index (χ2n) is 9.47. The summed E-state index contributed by atoms with van der Waals surface area (Å²) in [6.07, 6.45) is -3.99. The van der Waals surface area contributed by atoms with Crippen LogP contribution in [0.15, 0.2) is 48.5 Å². The quantitative estimate of drug-likeness (QED) is 0.577. The molecule has 0 saturated carbocycles. The molecule has 0 bridgehead atoms. The van der Waals surface area contributed by atoms with Crippen molar-refractivity contribution in [3.05, 3.63) is 70.8 Å². The lowest BCUT2D eigenvalue weighted by atomic mass is 10.0. The van der Waals surface area contributed by atoms with Crippen LogP contribution in [0.5, 0.6) is 0 Å². The van der Waals surface area contributed by atoms with Gasteiger partial charge in [0.1, 0.15) is 6.04 Å². The molecule has 6 nitrogen and oxygen atoms in total. The Morgan fingerprint density at radius 3 is 1.91 bits per heavy atom. The maximum atomic E-state index is 13.5. The van der Waals surface area contributed by atoms with Gasteiger partial charge in [-0.1, -0.05) is 38.1 Å². The van der Waals surface area contributed by atoms with Crippen LogP contribution in [-0.2, 0) is 17.5 Å². The van der Waals surface area contributed by atoms with Gasteiger partial charge in [-0.25, -0.2) is 0 Å². The van der Waals surface area contributed by atoms with Crippen LogP contribution in [0.2, 0.25) is 0 Å². The van der Waals surface area contributed by atoms with E-state index in [-0.39, 0.29) is 11.8 Å². The molecular weight excluding hydrogens is 459 g/mol. The summed E-state index contributed by atoms with van der Waals surface area (Å²) in [5, 5.41) is 0. The number of hydrogen-bond acceptors (Lipinski definition) is 4. The lowest BCUT2D eigenvalue weighted by molar-refractivity contribution is -0.138. The number of amides is 3. The minimum Gasteiger partial charge on any atom is -0.338 e. The van der Waals surface area contributed by atoms with Gasteiger partial charge >= 0.3 is 6.18 Å². The summed E-state index contributed by atoms with van der Waals surface area (Å²) in [6.45, 7) is 6.29. The number of carbonyl (C=O) groups excluding carboxylic acids is 3. The third-order valence-electron chi connectivity index (χ3n) is 6.49. The van der Waals surface area contributed by atoms with Crippen LogP contribution in [0.25, 0.3) is 0 Å². The second-order valence-corrected chi connectivity index (χ2v) is 9.47. The van der Waals surface area contributed by atoms with Crippen molar-refractivity contribution in [2.24, 2.45) is 5.92 Å². The highest BCUT2D eigenvalue weighted by Gasteiger charge is 2.44. The van der Waals surface area contributed by atoms with Crippen LogP contribution in [0.1, 0.15) is 52.1 Å². The molecule has 0 aromatic heterocycles. The summed E-state index contributed by atoms with van der Waals surface area (Å²) >= 11 is 0. The predicted octanol–water partition coefficient (Wildman–Crippen LogP) is 4.06. The number of fused-ring (bicyclic) bond motifs is 1. The average Bonchev–Trinajstić information content (AvgIpc) is 3.07. The molecule has 1 fully saturated rings. The van der Waals surface area contributed by atoms with Gasteiger partial charge in [-0.15, -0.1) is 0 Å². The van der Waals surface area contributed by atoms with Crippen molar-refractivity contribution < 1.29 is 27.6 Å². The molecule has 0 radical (unpaired) electrons. The number of rotatable bonds is 6. The number of carbonyl (C=O) groups is 3. The Morgan fingerprint density at radius 1 is 0.886 bits per heavy atom. The first-order chi connectivity index (χ1) is 16.6. The van der Waals surface area contributed by atoms with E-state index in [1.165, 1.54) is 12.1 Å². The lowest BCUT2D eigenvalue weighted by Gasteiger charge is -2.38. The van der Waals surface area contributed by atoms with Crippen molar-refractivity contribution in [3.63, 3.8) is 0 Å². The summed E-state index contributed by atoms with van der Waals surface area (Å²) in [5.74, 6) is -1.03. The highest BCUT2D eigenvalue weighted by Crippen LogP contribution is 2.30. The molecule has 2 aliphatic rings. The smallest absolute Gasteiger partial charge is 0.338 e. The maximum Gasteiger partial charge on any atom is 0.416 e. The Bertz CT molecular complexity index is 1070. The molecule has 35 heavy (non-hydrogen) atoms. The van der Waals surface area contributed by atoms with Gasteiger partial charge in [-0.3, -0.25) is 24.2 Å². The number of alkyl halides is 3. The van der Waals surface area contributed by atoms with Gasteiger partial charge in [0, 0.05) is 32.7 Å². The summed E-state index contributed by atoms with van der Waals surface area (Å²) in [6, 6.07) is 10.8. The molecule has 0 unspecified atom stereocenters. The van der Waals surface area contributed by atoms with Crippen LogP contribution in [0, 0.1) is 5.92 Å². The number of hydrogen-bond donors (Lipinski definition) is 0. The van der Waals surface area contributed by atoms with Gasteiger partial charge in [0.15, 0.2) is 0 Å². The van der Waals surface area contributed by atoms with E-state index in [0.29, 0.717) is 50.3 Å². The number of nitrogens with zero attached hydrogens (tertiary/aromatic N) is 3. The molecule has 2 aliphatic heterocycles. The molecule has 1 atom stereocenters. The van der Waals surface area contributed by atoms with Crippen molar-refractivity contribution >= 4 is 17.7 Å². The van der Waals surface area contributed by atoms with Gasteiger partial charge in [-0.2, -0.15) is 13.2 Å². The van der Waals surface area contributed by atoms with Crippen molar-refractivity contribution in [2.45, 2.75) is 39.0 Å². The zero-order valence-electron chi connectivity index (χ0n) is 19.7. The molecule has 1 saturated heterocycles. The predicted molar refractivity (Wildman–Crippen MR) is 123 cm³/mol. The minimum absolute atomic E-state index is 0.0919. The molecule has 186 valence electrons. The first kappa shape index (κ1) is 24.9. The Hall–Kier alpha value is -3.20. The second kappa shape index (κ2) is 9.81. The summed E-state index contributed by atoms with van der Waals surface area (Å²) in [7, 11) is 0. The fourth-order valence-corrected chi connectivity index (χ4v) is 4.65. The molecule has 0 aliphatic carbocycles. The molecule has 2 heterocycles. The molecular formula is C26H28F3N3O3. The molecule has 2 aromatic carbocycles. The Labute approximate surface area is 202 Å². The van der Waals surface area contributed by atoms with E-state index in [2.05, 4.69) is 4.90 Å². The first-order valence-electron chi connectivity index (χ1n) is 11.7. The van der Waals surface area contributed by atoms with E-state index in [0.717, 1.165) is 22.6 Å². The van der Waals surface area contributed by atoms with Crippen LogP contribution < -0.4 is 0 Å². The van der Waals surface area contributed by atoms with Crippen molar-refractivity contribution in [1.29, 1.82) is 0 Å². The fourth-order valence-electron chi connectivity index (χ4n) is 4.65. The third-order valence-corrected chi connectivity index (χ3v) is 6.49. The summed E-state index contributed by atoms with van der Waals surface area (Å²) in [4.78, 5) is 44.4. The molecule has 0 N–H and O–H groups in total. The van der Waals surface area contributed by atoms with Crippen LogP contribution in [-0.4, -0.2) is 64.6 Å². The van der Waals surface area contributed by atoms with E-state index in [1.807, 2.05) is 13.8 Å². The Morgan fingerprint density at radius 2 is 1.43 bits per heavy atom. The number of benzene rings is 2. The molecule has 3 amide bonds. The van der Waals surface area contributed by atoms with Gasteiger partial charge < -0.3 is 4.90 Å². The number of piperazine rings is 1. The van der Waals surface area contributed by atoms with Crippen molar-refractivity contribution in [2.75, 3.05) is 26.2 Å². The first-order valence-corrected chi connectivity index (χ1v) is 11.7. The zero-order valence-corrected chi connectivity index (χ0v) is 19.7. The summed E-state index contributed by atoms with van der Waals surface area (Å²) in [5.41, 5.74) is 0.725. The number of imide groups is 1. The standard InChI is InChI=1S/C26H28F3N3O3/c1-17(2)15-22(32-23(33)20-5-3-4-6-21(20)24(32)34)25(35)31-13-11-30(12-14-31)16-18-7-9-19(10-8-18)26(27,28)29/h3-10,17,22H,11-16H2,1-2H3/t22-/m0/s1. The SMILES string of the molecule is CC(C)C[C@@H](C(=O)N1CCN(Cc2ccc(C(F)(F)F)cc2)CC1)N1C(=O)c2ccccc2C1=O. The van der Waals surface area contributed by atoms with E-state index >= 15 is 0 Å². The Kier molecular flexibility index (Phi) is 6.98. The van der Waals surface area contributed by atoms with E-state index < -0.39 is 29.6 Å². The van der Waals surface area contributed by atoms with E-state index in [9.17, 15) is 27.6 Å². The van der Waals surface area contributed by atoms with Crippen LogP contribution >= 0.6 is 0 Å². The van der Waals surface area contributed by atoms with Crippen molar-refractivity contribution in [3.8, 4) is 0 Å². The van der Waals surface area contributed by atoms with Crippen LogP contribution in [0.4, 0.5) is 13.2 Å². The molecule has 2 aromatic rings. The van der Waals surface area contributed by atoms with Gasteiger partial charge in [0.05, 0.1) is 16.7 Å². The average molecular weight is 488 g/mol. The normalized spacial score (nSPS) is 17.8. The van der Waals surface area contributed by atoms with Gasteiger partial charge in [-0.05, 0) is 42.2 Å². The van der Waals surface area contributed by atoms with Crippen molar-refractivity contribution in [1.82, 2.24) is 14.7 Å². The lowest BCUT2D eigenvalue weighted by Crippen LogP contribution is -2.56. The highest BCUT2D eigenvalue weighted by molar-refractivity contribution is 6.22. The van der Waals surface area contributed by atoms with Crippen LogP contribution in [0.3, 0.4) is 0 Å². The maximum absolute atomic E-state index is 13.5.